The van der Waals surface area contributed by atoms with Gasteiger partial charge in [-0.2, -0.15) is 8.78 Å². The van der Waals surface area contributed by atoms with Gasteiger partial charge in [-0.25, -0.2) is 0 Å². The Balaban J connectivity index is 2.95. The fourth-order valence-corrected chi connectivity index (χ4v) is 0.785. The quantitative estimate of drug-likeness (QED) is 0.510. The first kappa shape index (κ1) is 6.27. The lowest BCUT2D eigenvalue weighted by molar-refractivity contribution is 0.299. The molecule has 0 radical (unpaired) electrons. The van der Waals surface area contributed by atoms with Crippen LogP contribution in [0.15, 0.2) is 12.0 Å². The molecule has 1 aliphatic heterocycles. The average molecular weight is 158 g/mol. The highest BCUT2D eigenvalue weighted by molar-refractivity contribution is 7.82. The maximum absolute atomic E-state index is 11.6. The van der Waals surface area contributed by atoms with Crippen LogP contribution in [-0.2, 0) is 18.8 Å². The minimum Gasteiger partial charge on any atom is -0.316 e. The first-order valence-electron chi connectivity index (χ1n) is 1.70. The maximum atomic E-state index is 11.6. The van der Waals surface area contributed by atoms with Gasteiger partial charge in [0.15, 0.2) is 0 Å². The van der Waals surface area contributed by atoms with Gasteiger partial charge in [-0.15, -0.1) is 8.42 Å². The summed E-state index contributed by atoms with van der Waals surface area (Å²) in [7, 11) is -4.47. The van der Waals surface area contributed by atoms with Crippen molar-refractivity contribution in [2.24, 2.45) is 0 Å². The monoisotopic (exact) mass is 158 g/mol. The standard InChI is InChI=1S/C2F2O4S/c3-1-2(4)8-9(5,6)7-1. The zero-order valence-corrected chi connectivity index (χ0v) is 4.61. The van der Waals surface area contributed by atoms with E-state index in [9.17, 15) is 17.2 Å². The molecule has 1 heterocycles. The first-order chi connectivity index (χ1) is 4.01. The van der Waals surface area contributed by atoms with Crippen molar-refractivity contribution in [1.82, 2.24) is 0 Å². The number of hydrogen-bond acceptors (Lipinski definition) is 4. The Bertz CT molecular complexity index is 232. The predicted molar refractivity (Wildman–Crippen MR) is 20.3 cm³/mol. The number of rotatable bonds is 0. The Morgan fingerprint density at radius 3 is 1.56 bits per heavy atom. The third kappa shape index (κ3) is 1.10. The summed E-state index contributed by atoms with van der Waals surface area (Å²) in [5, 5.41) is 0. The molecule has 0 saturated carbocycles. The second-order valence-corrected chi connectivity index (χ2v) is 2.27. The molecular weight excluding hydrogens is 158 g/mol. The molecule has 0 N–H and O–H groups in total. The lowest BCUT2D eigenvalue weighted by Crippen LogP contribution is -1.96. The van der Waals surface area contributed by atoms with Crippen molar-refractivity contribution < 1.29 is 25.6 Å². The van der Waals surface area contributed by atoms with Gasteiger partial charge in [0.25, 0.3) is 0 Å². The molecule has 1 aliphatic rings. The molecule has 0 spiro atoms. The van der Waals surface area contributed by atoms with Gasteiger partial charge in [0.1, 0.15) is 0 Å². The highest BCUT2D eigenvalue weighted by atomic mass is 32.3. The minimum atomic E-state index is -4.47. The van der Waals surface area contributed by atoms with Crippen LogP contribution in [0.5, 0.6) is 0 Å². The minimum absolute atomic E-state index is 1.87. The Kier molecular flexibility index (Phi) is 1.09. The molecule has 0 amide bonds. The SMILES string of the molecule is O=S1(=O)OC(F)=C(F)O1. The second-order valence-electron chi connectivity index (χ2n) is 1.12. The van der Waals surface area contributed by atoms with Gasteiger partial charge in [0, 0.05) is 0 Å². The molecule has 0 aromatic heterocycles. The van der Waals surface area contributed by atoms with E-state index < -0.39 is 22.4 Å². The molecule has 4 nitrogen and oxygen atoms in total. The predicted octanol–water partition coefficient (Wildman–Crippen LogP) is 0.344. The molecule has 0 aromatic rings. The van der Waals surface area contributed by atoms with Crippen molar-refractivity contribution in [2.75, 3.05) is 0 Å². The Morgan fingerprint density at radius 1 is 1.11 bits per heavy atom. The highest BCUT2D eigenvalue weighted by Gasteiger charge is 2.32. The van der Waals surface area contributed by atoms with E-state index in [-0.39, 0.29) is 0 Å². The van der Waals surface area contributed by atoms with E-state index in [2.05, 4.69) is 8.37 Å². The number of hydrogen-bond donors (Lipinski definition) is 0. The van der Waals surface area contributed by atoms with Crippen molar-refractivity contribution in [1.29, 1.82) is 0 Å². The molecule has 7 heteroatoms. The van der Waals surface area contributed by atoms with Crippen LogP contribution in [0.1, 0.15) is 0 Å². The molecule has 1 rings (SSSR count). The third-order valence-corrected chi connectivity index (χ3v) is 1.21. The van der Waals surface area contributed by atoms with E-state index in [1.807, 2.05) is 0 Å². The summed E-state index contributed by atoms with van der Waals surface area (Å²) < 4.78 is 49.5. The van der Waals surface area contributed by atoms with Crippen molar-refractivity contribution >= 4 is 10.4 Å². The second kappa shape index (κ2) is 1.56. The zero-order chi connectivity index (χ0) is 7.07. The van der Waals surface area contributed by atoms with Crippen LogP contribution in [0.2, 0.25) is 0 Å². The summed E-state index contributed by atoms with van der Waals surface area (Å²) in [5.41, 5.74) is 0. The van der Waals surface area contributed by atoms with Gasteiger partial charge < -0.3 is 8.37 Å². The fraction of sp³-hybridized carbons (Fsp3) is 0. The van der Waals surface area contributed by atoms with Crippen LogP contribution in [-0.4, -0.2) is 8.42 Å². The normalized spacial score (nSPS) is 23.3. The van der Waals surface area contributed by atoms with Gasteiger partial charge in [-0.05, 0) is 0 Å². The largest absolute Gasteiger partial charge is 0.505 e. The van der Waals surface area contributed by atoms with Crippen LogP contribution in [0.3, 0.4) is 0 Å². The molecule has 52 valence electrons. The maximum Gasteiger partial charge on any atom is 0.505 e. The van der Waals surface area contributed by atoms with E-state index >= 15 is 0 Å². The van der Waals surface area contributed by atoms with Crippen LogP contribution < -0.4 is 0 Å². The van der Waals surface area contributed by atoms with Crippen molar-refractivity contribution in [3.8, 4) is 0 Å². The molecule has 0 aromatic carbocycles. The van der Waals surface area contributed by atoms with Crippen molar-refractivity contribution in [3.63, 3.8) is 0 Å². The fourth-order valence-electron chi connectivity index (χ4n) is 0.262. The average Bonchev–Trinajstić information content (AvgIpc) is 1.79. The van der Waals surface area contributed by atoms with E-state index in [0.717, 1.165) is 0 Å². The summed E-state index contributed by atoms with van der Waals surface area (Å²) >= 11 is 0. The summed E-state index contributed by atoms with van der Waals surface area (Å²) in [4.78, 5) is 0. The van der Waals surface area contributed by atoms with Crippen LogP contribution in [0.25, 0.3) is 0 Å². The van der Waals surface area contributed by atoms with Crippen LogP contribution in [0.4, 0.5) is 8.78 Å². The van der Waals surface area contributed by atoms with Crippen LogP contribution >= 0.6 is 0 Å². The van der Waals surface area contributed by atoms with Gasteiger partial charge in [0.2, 0.25) is 0 Å². The highest BCUT2D eigenvalue weighted by Crippen LogP contribution is 2.24. The van der Waals surface area contributed by atoms with E-state index in [1.54, 1.807) is 0 Å². The van der Waals surface area contributed by atoms with E-state index in [4.69, 9.17) is 0 Å². The van der Waals surface area contributed by atoms with Crippen LogP contribution in [0, 0.1) is 0 Å². The first-order valence-corrected chi connectivity index (χ1v) is 3.04. The van der Waals surface area contributed by atoms with Crippen molar-refractivity contribution in [3.05, 3.63) is 12.0 Å². The molecule has 0 aliphatic carbocycles. The van der Waals surface area contributed by atoms with Gasteiger partial charge in [-0.1, -0.05) is 0 Å². The summed E-state index contributed by atoms with van der Waals surface area (Å²) in [6, 6.07) is -3.73. The Labute approximate surface area is 49.0 Å². The zero-order valence-electron chi connectivity index (χ0n) is 3.80. The lowest BCUT2D eigenvalue weighted by atomic mass is 11.0. The summed E-state index contributed by atoms with van der Waals surface area (Å²) in [6.45, 7) is 0. The molecular formula is C2F2O4S. The lowest BCUT2D eigenvalue weighted by Gasteiger charge is -1.86. The Morgan fingerprint density at radius 2 is 1.44 bits per heavy atom. The third-order valence-electron chi connectivity index (χ3n) is 0.505. The molecule has 0 bridgehead atoms. The summed E-state index contributed by atoms with van der Waals surface area (Å²) in [6.07, 6.45) is 0. The van der Waals surface area contributed by atoms with Crippen molar-refractivity contribution in [2.45, 2.75) is 0 Å². The number of halogens is 2. The molecule has 0 unspecified atom stereocenters. The smallest absolute Gasteiger partial charge is 0.316 e. The van der Waals surface area contributed by atoms with E-state index in [0.29, 0.717) is 0 Å². The molecule has 0 fully saturated rings. The Hall–Kier alpha value is -0.850. The van der Waals surface area contributed by atoms with Gasteiger partial charge in [-0.3, -0.25) is 0 Å². The van der Waals surface area contributed by atoms with Gasteiger partial charge >= 0.3 is 22.4 Å². The van der Waals surface area contributed by atoms with E-state index in [1.165, 1.54) is 0 Å². The summed E-state index contributed by atoms with van der Waals surface area (Å²) in [5.74, 6) is 0. The molecule has 0 saturated heterocycles. The topological polar surface area (TPSA) is 52.6 Å². The molecule has 9 heavy (non-hydrogen) atoms. The molecule has 0 atom stereocenters. The van der Waals surface area contributed by atoms with Gasteiger partial charge in [0.05, 0.1) is 0 Å².